The summed E-state index contributed by atoms with van der Waals surface area (Å²) < 4.78 is 74.9. The maximum absolute atomic E-state index is 16.7. The molecule has 0 aliphatic carbocycles. The summed E-state index contributed by atoms with van der Waals surface area (Å²) in [6.45, 7) is 3.58. The summed E-state index contributed by atoms with van der Waals surface area (Å²) in [7, 11) is 0. The number of benzene rings is 2. The van der Waals surface area contributed by atoms with Crippen molar-refractivity contribution in [3.8, 4) is 17.8 Å². The van der Waals surface area contributed by atoms with Crippen LogP contribution in [0, 0.1) is 23.1 Å². The number of halogens is 6. The van der Waals surface area contributed by atoms with E-state index in [1.54, 1.807) is 6.07 Å². The fourth-order valence-corrected chi connectivity index (χ4v) is 7.48. The number of fused-ring (bicyclic) bond motifs is 3. The molecule has 5 heterocycles. The molecule has 10 nitrogen and oxygen atoms in total. The van der Waals surface area contributed by atoms with E-state index >= 15 is 4.39 Å². The summed E-state index contributed by atoms with van der Waals surface area (Å²) in [6, 6.07) is 11.7. The van der Waals surface area contributed by atoms with Crippen LogP contribution < -0.4 is 19.3 Å². The van der Waals surface area contributed by atoms with Crippen molar-refractivity contribution in [2.75, 3.05) is 55.7 Å². The quantitative estimate of drug-likeness (QED) is 0.288. The van der Waals surface area contributed by atoms with Crippen molar-refractivity contribution in [1.82, 2.24) is 14.9 Å². The lowest BCUT2D eigenvalue weighted by Crippen LogP contribution is -2.43. The molecule has 1 unspecified atom stereocenters. The molecular formula is C33H34ClF5N6O4. The number of aliphatic carboxylic acids is 1. The highest BCUT2D eigenvalue weighted by molar-refractivity contribution is 6.34. The van der Waals surface area contributed by atoms with E-state index in [4.69, 9.17) is 36.0 Å². The largest absolute Gasteiger partial charge is 0.490 e. The van der Waals surface area contributed by atoms with Gasteiger partial charge in [-0.2, -0.15) is 28.4 Å². The number of nitrogens with zero attached hydrogens (tertiary/aromatic N) is 6. The number of alkyl halides is 4. The van der Waals surface area contributed by atoms with Crippen LogP contribution >= 0.6 is 11.6 Å². The van der Waals surface area contributed by atoms with Crippen LogP contribution in [0.3, 0.4) is 0 Å². The number of para-hydroxylation sites is 2. The Labute approximate surface area is 284 Å². The molecule has 262 valence electrons. The Morgan fingerprint density at radius 3 is 2.69 bits per heavy atom. The Morgan fingerprint density at radius 1 is 1.16 bits per heavy atom. The second-order valence-electron chi connectivity index (χ2n) is 12.6. The average molecular weight is 709 g/mol. The molecule has 4 aliphatic rings. The molecular weight excluding hydrogens is 675 g/mol. The molecule has 16 heteroatoms. The van der Waals surface area contributed by atoms with E-state index in [1.807, 2.05) is 29.2 Å². The third kappa shape index (κ3) is 7.12. The van der Waals surface area contributed by atoms with Gasteiger partial charge in [-0.15, -0.1) is 0 Å². The van der Waals surface area contributed by atoms with Crippen molar-refractivity contribution >= 4 is 45.7 Å². The smallest absolute Gasteiger partial charge is 0.490 e. The summed E-state index contributed by atoms with van der Waals surface area (Å²) in [4.78, 5) is 24.4. The lowest BCUT2D eigenvalue weighted by Gasteiger charge is -2.33. The van der Waals surface area contributed by atoms with Crippen LogP contribution in [0.4, 0.5) is 39.1 Å². The summed E-state index contributed by atoms with van der Waals surface area (Å²) in [5.41, 5.74) is 0.691. The fourth-order valence-electron chi connectivity index (χ4n) is 7.19. The van der Waals surface area contributed by atoms with Gasteiger partial charge in [0.1, 0.15) is 36.5 Å². The van der Waals surface area contributed by atoms with Gasteiger partial charge in [-0.25, -0.2) is 13.6 Å². The highest BCUT2D eigenvalue weighted by Gasteiger charge is 2.49. The van der Waals surface area contributed by atoms with Crippen molar-refractivity contribution in [3.05, 3.63) is 41.2 Å². The maximum Gasteiger partial charge on any atom is 0.490 e. The first-order valence-electron chi connectivity index (χ1n) is 16.1. The van der Waals surface area contributed by atoms with Gasteiger partial charge in [0, 0.05) is 37.4 Å². The first-order chi connectivity index (χ1) is 23.4. The number of hydrogen-bond acceptors (Lipinski definition) is 9. The van der Waals surface area contributed by atoms with E-state index in [0.717, 1.165) is 37.9 Å². The molecule has 2 aromatic carbocycles. The van der Waals surface area contributed by atoms with Crippen LogP contribution in [0.2, 0.25) is 5.02 Å². The highest BCUT2D eigenvalue weighted by atomic mass is 35.5. The van der Waals surface area contributed by atoms with Gasteiger partial charge in [-0.3, -0.25) is 4.90 Å². The van der Waals surface area contributed by atoms with Crippen LogP contribution in [0.15, 0.2) is 30.3 Å². The second kappa shape index (κ2) is 14.0. The number of nitriles is 1. The highest BCUT2D eigenvalue weighted by Crippen LogP contribution is 2.45. The third-order valence-electron chi connectivity index (χ3n) is 9.50. The Balaban J connectivity index is 0.000000540. The van der Waals surface area contributed by atoms with E-state index in [0.29, 0.717) is 62.6 Å². The van der Waals surface area contributed by atoms with E-state index in [-0.39, 0.29) is 40.3 Å². The first kappa shape index (κ1) is 34.7. The predicted octanol–water partition coefficient (Wildman–Crippen LogP) is 6.67. The average Bonchev–Trinajstić information content (AvgIpc) is 3.48. The van der Waals surface area contributed by atoms with Gasteiger partial charge in [-0.05, 0) is 56.8 Å². The summed E-state index contributed by atoms with van der Waals surface area (Å²) in [6.07, 6.45) is -1.41. The molecule has 4 aliphatic heterocycles. The molecule has 3 aromatic rings. The van der Waals surface area contributed by atoms with Gasteiger partial charge in [0.05, 0.1) is 34.6 Å². The zero-order valence-corrected chi connectivity index (χ0v) is 27.1. The van der Waals surface area contributed by atoms with Crippen molar-refractivity contribution in [2.45, 2.75) is 56.4 Å². The zero-order chi connectivity index (χ0) is 34.9. The summed E-state index contributed by atoms with van der Waals surface area (Å²) in [5, 5.41) is 17.4. The summed E-state index contributed by atoms with van der Waals surface area (Å²) >= 11 is 6.85. The Morgan fingerprint density at radius 2 is 1.94 bits per heavy atom. The number of carboxylic acids is 1. The van der Waals surface area contributed by atoms with Gasteiger partial charge in [-0.1, -0.05) is 23.7 Å². The van der Waals surface area contributed by atoms with Crippen molar-refractivity contribution in [3.63, 3.8) is 0 Å². The SMILES string of the molecule is N#CC1CCCN(c2nc(OC[C@@]34CCCN3C[C@H](F)C4)nc3c(F)c(N4CCOc5ccccc54)c(Cl)cc23)CC1.O=C(O)C(F)(F)F. The second-order valence-corrected chi connectivity index (χ2v) is 13.0. The molecule has 3 atom stereocenters. The van der Waals surface area contributed by atoms with Gasteiger partial charge in [0.25, 0.3) is 0 Å². The standard InChI is InChI=1S/C31H33ClF2N6O2.C2HF3O2/c32-23-15-22-27(26(34)28(23)40-13-14-41-25-7-2-1-6-24(25)40)36-30(37-29(22)38-10-3-5-20(17-35)8-12-38)42-19-31-9-4-11-39(31)18-21(33)16-31;3-2(4,5)1(6)7/h1-2,6-7,15,20-21H,3-5,8-14,16,18-19H2;(H,6,7)/t20?,21-,31+;/m1./s1. The van der Waals surface area contributed by atoms with Crippen LogP contribution in [-0.2, 0) is 4.79 Å². The third-order valence-corrected chi connectivity index (χ3v) is 9.79. The molecule has 3 fully saturated rings. The van der Waals surface area contributed by atoms with Gasteiger partial charge >= 0.3 is 18.2 Å². The van der Waals surface area contributed by atoms with Crippen LogP contribution in [0.25, 0.3) is 10.9 Å². The Hall–Kier alpha value is -4.16. The summed E-state index contributed by atoms with van der Waals surface area (Å²) in [5.74, 6) is -2.15. The number of rotatable bonds is 5. The number of anilines is 3. The van der Waals surface area contributed by atoms with Gasteiger partial charge in [0.2, 0.25) is 0 Å². The molecule has 49 heavy (non-hydrogen) atoms. The number of hydrogen-bond donors (Lipinski definition) is 1. The molecule has 0 radical (unpaired) electrons. The van der Waals surface area contributed by atoms with E-state index in [2.05, 4.69) is 20.9 Å². The maximum atomic E-state index is 16.7. The first-order valence-corrected chi connectivity index (χ1v) is 16.4. The minimum Gasteiger partial charge on any atom is -0.490 e. The number of aromatic nitrogens is 2. The number of ether oxygens (including phenoxy) is 2. The van der Waals surface area contributed by atoms with E-state index in [1.165, 1.54) is 0 Å². The van der Waals surface area contributed by atoms with Gasteiger partial charge in [0.15, 0.2) is 5.82 Å². The van der Waals surface area contributed by atoms with Gasteiger partial charge < -0.3 is 24.4 Å². The lowest BCUT2D eigenvalue weighted by molar-refractivity contribution is -0.192. The zero-order valence-electron chi connectivity index (χ0n) is 26.4. The minimum atomic E-state index is -5.08. The van der Waals surface area contributed by atoms with E-state index in [9.17, 15) is 22.8 Å². The van der Waals surface area contributed by atoms with Crippen LogP contribution in [-0.4, -0.2) is 89.8 Å². The Bertz CT molecular complexity index is 1760. The number of carbonyl (C=O) groups is 1. The number of carboxylic acid groups (broad SMARTS) is 1. The topological polar surface area (TPSA) is 115 Å². The lowest BCUT2D eigenvalue weighted by atomic mass is 9.95. The Kier molecular flexibility index (Phi) is 9.90. The molecule has 0 bridgehead atoms. The monoisotopic (exact) mass is 708 g/mol. The molecule has 1 aromatic heterocycles. The van der Waals surface area contributed by atoms with Crippen molar-refractivity contribution in [1.29, 1.82) is 5.26 Å². The normalized spacial score (nSPS) is 23.9. The molecule has 0 amide bonds. The molecule has 7 rings (SSSR count). The minimum absolute atomic E-state index is 0.0319. The van der Waals surface area contributed by atoms with Crippen LogP contribution in [0.1, 0.15) is 38.5 Å². The van der Waals surface area contributed by atoms with Crippen LogP contribution in [0.5, 0.6) is 11.8 Å². The van der Waals surface area contributed by atoms with Crippen molar-refractivity contribution < 1.29 is 41.3 Å². The molecule has 3 saturated heterocycles. The van der Waals surface area contributed by atoms with E-state index < -0.39 is 24.1 Å². The molecule has 0 saturated carbocycles. The predicted molar refractivity (Wildman–Crippen MR) is 171 cm³/mol. The fraction of sp³-hybridized carbons (Fsp3) is 0.515. The molecule has 0 spiro atoms. The van der Waals surface area contributed by atoms with Crippen molar-refractivity contribution in [2.24, 2.45) is 5.92 Å². The molecule has 1 N–H and O–H groups in total.